The molecule has 8 heteroatoms. The van der Waals surface area contributed by atoms with Crippen LogP contribution in [-0.2, 0) is 9.59 Å². The van der Waals surface area contributed by atoms with E-state index < -0.39 is 12.1 Å². The minimum Gasteiger partial charge on any atom is -0.475 e. The van der Waals surface area contributed by atoms with Crippen LogP contribution in [-0.4, -0.2) is 42.8 Å². The molecule has 108 valence electrons. The van der Waals surface area contributed by atoms with Crippen molar-refractivity contribution < 1.29 is 27.9 Å². The van der Waals surface area contributed by atoms with Gasteiger partial charge < -0.3 is 15.7 Å². The fourth-order valence-electron chi connectivity index (χ4n) is 3.27. The van der Waals surface area contributed by atoms with Gasteiger partial charge in [0.1, 0.15) is 0 Å². The smallest absolute Gasteiger partial charge is 0.475 e. The molecule has 5 nitrogen and oxygen atoms in total. The fraction of sp³-hybridized carbons (Fsp3) is 0.818. The predicted octanol–water partition coefficient (Wildman–Crippen LogP) is 0.509. The molecule has 0 unspecified atom stereocenters. The Morgan fingerprint density at radius 2 is 1.68 bits per heavy atom. The maximum Gasteiger partial charge on any atom is 0.490 e. The number of hydrogen-bond acceptors (Lipinski definition) is 3. The second-order valence-corrected chi connectivity index (χ2v) is 5.71. The van der Waals surface area contributed by atoms with Crippen LogP contribution in [0, 0.1) is 10.8 Å². The molecule has 2 spiro atoms. The maximum absolute atomic E-state index is 11.0. The number of halogens is 3. The normalized spacial score (nSPS) is 25.9. The van der Waals surface area contributed by atoms with Gasteiger partial charge in [-0.3, -0.25) is 4.79 Å². The van der Waals surface area contributed by atoms with E-state index in [4.69, 9.17) is 9.90 Å². The zero-order chi connectivity index (χ0) is 14.3. The molecule has 1 saturated carbocycles. The van der Waals surface area contributed by atoms with Crippen molar-refractivity contribution in [3.63, 3.8) is 0 Å². The largest absolute Gasteiger partial charge is 0.490 e. The number of carboxylic acid groups (broad SMARTS) is 1. The lowest BCUT2D eigenvalue weighted by Crippen LogP contribution is -2.64. The number of aliphatic carboxylic acids is 1. The number of rotatable bonds is 0. The Balaban J connectivity index is 0.000000167. The molecule has 2 saturated heterocycles. The molecular weight excluding hydrogens is 265 g/mol. The van der Waals surface area contributed by atoms with E-state index in [0.29, 0.717) is 10.8 Å². The Morgan fingerprint density at radius 1 is 1.16 bits per heavy atom. The van der Waals surface area contributed by atoms with Gasteiger partial charge in [0, 0.05) is 26.1 Å². The van der Waals surface area contributed by atoms with Crippen molar-refractivity contribution in [2.75, 3.05) is 19.6 Å². The molecule has 2 heterocycles. The third kappa shape index (κ3) is 2.83. The van der Waals surface area contributed by atoms with E-state index in [1.54, 1.807) is 0 Å². The zero-order valence-corrected chi connectivity index (χ0v) is 10.1. The van der Waals surface area contributed by atoms with Gasteiger partial charge >= 0.3 is 12.1 Å². The van der Waals surface area contributed by atoms with Gasteiger partial charge in [-0.15, -0.1) is 0 Å². The molecule has 1 amide bonds. The number of nitrogens with one attached hydrogen (secondary N) is 2. The summed E-state index contributed by atoms with van der Waals surface area (Å²) in [6.07, 6.45) is -1.76. The molecule has 0 bridgehead atoms. The Labute approximate surface area is 107 Å². The molecule has 1 aliphatic carbocycles. The summed E-state index contributed by atoms with van der Waals surface area (Å²) in [7, 11) is 0. The van der Waals surface area contributed by atoms with Crippen molar-refractivity contribution in [2.45, 2.75) is 25.4 Å². The van der Waals surface area contributed by atoms with Crippen molar-refractivity contribution in [1.82, 2.24) is 10.6 Å². The molecule has 0 radical (unpaired) electrons. The summed E-state index contributed by atoms with van der Waals surface area (Å²) in [5.41, 5.74) is 0.978. The minimum absolute atomic E-state index is 0.261. The van der Waals surface area contributed by atoms with Crippen LogP contribution in [0.15, 0.2) is 0 Å². The van der Waals surface area contributed by atoms with Gasteiger partial charge in [-0.1, -0.05) is 0 Å². The van der Waals surface area contributed by atoms with E-state index in [2.05, 4.69) is 10.6 Å². The lowest BCUT2D eigenvalue weighted by atomic mass is 9.50. The molecular formula is C11H15F3N2O3. The summed E-state index contributed by atoms with van der Waals surface area (Å²) in [6, 6.07) is 0. The van der Waals surface area contributed by atoms with E-state index in [1.807, 2.05) is 0 Å². The highest BCUT2D eigenvalue weighted by atomic mass is 19.4. The molecule has 3 rings (SSSR count). The van der Waals surface area contributed by atoms with E-state index in [9.17, 15) is 18.0 Å². The van der Waals surface area contributed by atoms with Crippen molar-refractivity contribution in [1.29, 1.82) is 0 Å². The first-order valence-corrected chi connectivity index (χ1v) is 5.94. The predicted molar refractivity (Wildman–Crippen MR) is 58.3 cm³/mol. The van der Waals surface area contributed by atoms with Gasteiger partial charge in [0.05, 0.1) is 0 Å². The van der Waals surface area contributed by atoms with Crippen molar-refractivity contribution >= 4 is 11.9 Å². The van der Waals surface area contributed by atoms with Gasteiger partial charge in [-0.2, -0.15) is 13.2 Å². The van der Waals surface area contributed by atoms with E-state index in [0.717, 1.165) is 13.0 Å². The average Bonchev–Trinajstić information content (AvgIpc) is 2.54. The number of carbonyl (C=O) groups is 2. The molecule has 0 aromatic heterocycles. The Hall–Kier alpha value is -1.31. The fourth-order valence-corrected chi connectivity index (χ4v) is 3.27. The van der Waals surface area contributed by atoms with Crippen LogP contribution in [0.2, 0.25) is 0 Å². The summed E-state index contributed by atoms with van der Waals surface area (Å²) in [6.45, 7) is 3.31. The SMILES string of the molecule is O=C(O)C(F)(F)F.O=C1CC2(CN1)CC1(CNC1)C2. The zero-order valence-electron chi connectivity index (χ0n) is 10.1. The van der Waals surface area contributed by atoms with E-state index >= 15 is 0 Å². The first-order valence-electron chi connectivity index (χ1n) is 5.94. The van der Waals surface area contributed by atoms with Crippen LogP contribution in [0.3, 0.4) is 0 Å². The monoisotopic (exact) mass is 280 g/mol. The van der Waals surface area contributed by atoms with Gasteiger partial charge in [-0.05, 0) is 23.7 Å². The first kappa shape index (κ1) is 14.1. The highest BCUT2D eigenvalue weighted by Gasteiger charge is 2.59. The number of amides is 1. The minimum atomic E-state index is -5.08. The number of hydrogen-bond donors (Lipinski definition) is 3. The van der Waals surface area contributed by atoms with Gasteiger partial charge in [-0.25, -0.2) is 4.79 Å². The second-order valence-electron chi connectivity index (χ2n) is 5.71. The molecule has 3 fully saturated rings. The maximum atomic E-state index is 11.0. The molecule has 3 N–H and O–H groups in total. The van der Waals surface area contributed by atoms with Crippen molar-refractivity contribution in [3.05, 3.63) is 0 Å². The third-order valence-electron chi connectivity index (χ3n) is 3.94. The highest BCUT2D eigenvalue weighted by Crippen LogP contribution is 2.59. The molecule has 0 aromatic rings. The summed E-state index contributed by atoms with van der Waals surface area (Å²) in [4.78, 5) is 19.9. The van der Waals surface area contributed by atoms with E-state index in [1.165, 1.54) is 25.9 Å². The summed E-state index contributed by atoms with van der Waals surface area (Å²) >= 11 is 0. The second kappa shape index (κ2) is 4.36. The van der Waals surface area contributed by atoms with Crippen LogP contribution >= 0.6 is 0 Å². The Bertz CT molecular complexity index is 396. The van der Waals surface area contributed by atoms with Gasteiger partial charge in [0.2, 0.25) is 5.91 Å². The topological polar surface area (TPSA) is 78.4 Å². The summed E-state index contributed by atoms with van der Waals surface area (Å²) in [5.74, 6) is -2.50. The van der Waals surface area contributed by atoms with Crippen molar-refractivity contribution in [2.24, 2.45) is 10.8 Å². The van der Waals surface area contributed by atoms with Crippen LogP contribution in [0.4, 0.5) is 13.2 Å². The van der Waals surface area contributed by atoms with Crippen molar-refractivity contribution in [3.8, 4) is 0 Å². The highest BCUT2D eigenvalue weighted by molar-refractivity contribution is 5.79. The number of alkyl halides is 3. The molecule has 0 atom stereocenters. The van der Waals surface area contributed by atoms with Crippen LogP contribution in [0.5, 0.6) is 0 Å². The standard InChI is InChI=1S/C9H14N2O.C2HF3O2/c12-7-1-8(6-11-7)2-9(3-8)4-10-5-9;3-2(4,5)1(6)7/h10H,1-6H2,(H,11,12);(H,6,7). The van der Waals surface area contributed by atoms with Gasteiger partial charge in [0.25, 0.3) is 0 Å². The Kier molecular flexibility index (Phi) is 3.24. The lowest BCUT2D eigenvalue weighted by molar-refractivity contribution is -0.192. The Morgan fingerprint density at radius 3 is 1.95 bits per heavy atom. The third-order valence-corrected chi connectivity index (χ3v) is 3.94. The number of carboxylic acids is 1. The molecule has 0 aromatic carbocycles. The van der Waals surface area contributed by atoms with Gasteiger partial charge in [0.15, 0.2) is 0 Å². The lowest BCUT2D eigenvalue weighted by Gasteiger charge is -2.59. The summed E-state index contributed by atoms with van der Waals surface area (Å²) in [5, 5.41) is 13.4. The van der Waals surface area contributed by atoms with E-state index in [-0.39, 0.29) is 5.91 Å². The molecule has 19 heavy (non-hydrogen) atoms. The number of carbonyl (C=O) groups excluding carboxylic acids is 1. The summed E-state index contributed by atoms with van der Waals surface area (Å²) < 4.78 is 31.7. The van der Waals surface area contributed by atoms with Crippen LogP contribution < -0.4 is 10.6 Å². The average molecular weight is 280 g/mol. The van der Waals surface area contributed by atoms with Crippen LogP contribution in [0.1, 0.15) is 19.3 Å². The molecule has 3 aliphatic rings. The first-order chi connectivity index (χ1) is 8.67. The van der Waals surface area contributed by atoms with Crippen LogP contribution in [0.25, 0.3) is 0 Å². The quantitative estimate of drug-likeness (QED) is 0.604. The molecule has 2 aliphatic heterocycles.